The van der Waals surface area contributed by atoms with Crippen molar-refractivity contribution in [3.8, 4) is 5.69 Å². The fourth-order valence-corrected chi connectivity index (χ4v) is 3.04. The number of hydrazone groups is 1. The minimum Gasteiger partial charge on any atom is -0.378 e. The van der Waals surface area contributed by atoms with Crippen LogP contribution in [0.5, 0.6) is 0 Å². The van der Waals surface area contributed by atoms with Gasteiger partial charge in [-0.05, 0) is 59.3 Å². The Morgan fingerprint density at radius 1 is 1.00 bits per heavy atom. The van der Waals surface area contributed by atoms with Crippen LogP contribution in [0.4, 0.5) is 5.69 Å². The largest absolute Gasteiger partial charge is 0.378 e. The van der Waals surface area contributed by atoms with Crippen LogP contribution >= 0.6 is 0 Å². The van der Waals surface area contributed by atoms with E-state index < -0.39 is 0 Å². The monoisotopic (exact) mass is 391 g/mol. The number of morpholine rings is 1. The fraction of sp³-hybridized carbons (Fsp3) is 0.250. The van der Waals surface area contributed by atoms with Crippen LogP contribution in [0.25, 0.3) is 5.69 Å². The number of hydrogen-bond donors (Lipinski definition) is 1. The Bertz CT molecular complexity index is 977. The number of rotatable bonds is 5. The van der Waals surface area contributed by atoms with E-state index in [4.69, 9.17) is 4.74 Å². The van der Waals surface area contributed by atoms with Crippen LogP contribution in [0, 0.1) is 0 Å². The van der Waals surface area contributed by atoms with Gasteiger partial charge in [-0.3, -0.25) is 4.79 Å². The van der Waals surface area contributed by atoms with E-state index in [0.29, 0.717) is 5.56 Å². The zero-order valence-electron chi connectivity index (χ0n) is 16.0. The molecule has 1 aliphatic heterocycles. The molecule has 2 heterocycles. The normalized spacial score (nSPS) is 14.7. The summed E-state index contributed by atoms with van der Waals surface area (Å²) in [6.45, 7) is 5.17. The predicted octanol–water partition coefficient (Wildman–Crippen LogP) is 1.65. The molecule has 0 unspecified atom stereocenters. The van der Waals surface area contributed by atoms with Crippen molar-refractivity contribution in [1.82, 2.24) is 25.6 Å². The van der Waals surface area contributed by atoms with Crippen molar-refractivity contribution in [3.63, 3.8) is 0 Å². The van der Waals surface area contributed by atoms with Crippen LogP contribution in [-0.2, 0) is 4.74 Å². The van der Waals surface area contributed by atoms with Crippen molar-refractivity contribution in [2.75, 3.05) is 31.2 Å². The molecule has 4 rings (SSSR count). The molecule has 1 aromatic heterocycles. The fourth-order valence-electron chi connectivity index (χ4n) is 3.04. The SMILES string of the molecule is CC(=NNC(=O)c1ccc(-n2cnnn2)cc1)c1ccc(N2CCOCC2)cc1. The number of benzene rings is 2. The number of carbonyl (C=O) groups is 1. The molecule has 0 saturated carbocycles. The van der Waals surface area contributed by atoms with Gasteiger partial charge in [0.15, 0.2) is 0 Å². The summed E-state index contributed by atoms with van der Waals surface area (Å²) in [5.74, 6) is -0.280. The smallest absolute Gasteiger partial charge is 0.271 e. The molecule has 1 aliphatic rings. The first-order valence-corrected chi connectivity index (χ1v) is 9.32. The maximum Gasteiger partial charge on any atom is 0.271 e. The Hall–Kier alpha value is -3.59. The van der Waals surface area contributed by atoms with Crippen LogP contribution in [0.15, 0.2) is 60.0 Å². The second-order valence-corrected chi connectivity index (χ2v) is 6.59. The van der Waals surface area contributed by atoms with Crippen LogP contribution in [0.1, 0.15) is 22.8 Å². The van der Waals surface area contributed by atoms with Crippen molar-refractivity contribution in [2.24, 2.45) is 5.10 Å². The lowest BCUT2D eigenvalue weighted by Gasteiger charge is -2.28. The van der Waals surface area contributed by atoms with Crippen LogP contribution in [-0.4, -0.2) is 58.1 Å². The van der Waals surface area contributed by atoms with E-state index >= 15 is 0 Å². The number of nitrogens with zero attached hydrogens (tertiary/aromatic N) is 6. The van der Waals surface area contributed by atoms with Crippen LogP contribution < -0.4 is 10.3 Å². The Morgan fingerprint density at radius 3 is 2.31 bits per heavy atom. The second kappa shape index (κ2) is 8.61. The summed E-state index contributed by atoms with van der Waals surface area (Å²) in [5.41, 5.74) is 6.73. The highest BCUT2D eigenvalue weighted by molar-refractivity contribution is 6.01. The molecule has 0 spiro atoms. The zero-order chi connectivity index (χ0) is 20.1. The van der Waals surface area contributed by atoms with E-state index in [-0.39, 0.29) is 5.91 Å². The molecule has 0 atom stereocenters. The molecule has 0 bridgehead atoms. The molecular formula is C20H21N7O2. The van der Waals surface area contributed by atoms with Gasteiger partial charge in [-0.25, -0.2) is 10.1 Å². The Balaban J connectivity index is 1.38. The van der Waals surface area contributed by atoms with E-state index in [1.54, 1.807) is 24.3 Å². The van der Waals surface area contributed by atoms with Gasteiger partial charge in [0.05, 0.1) is 24.6 Å². The average Bonchev–Trinajstić information content (AvgIpc) is 3.33. The number of hydrogen-bond acceptors (Lipinski definition) is 7. The highest BCUT2D eigenvalue weighted by atomic mass is 16.5. The van der Waals surface area contributed by atoms with Gasteiger partial charge in [-0.2, -0.15) is 5.10 Å². The number of ether oxygens (including phenoxy) is 1. The maximum atomic E-state index is 12.4. The Morgan fingerprint density at radius 2 is 1.66 bits per heavy atom. The molecule has 1 saturated heterocycles. The summed E-state index contributed by atoms with van der Waals surface area (Å²) in [4.78, 5) is 14.6. The van der Waals surface area contributed by atoms with Gasteiger partial charge in [0.1, 0.15) is 6.33 Å². The lowest BCUT2D eigenvalue weighted by Crippen LogP contribution is -2.36. The Labute approximate surface area is 168 Å². The van der Waals surface area contributed by atoms with Crippen molar-refractivity contribution in [3.05, 3.63) is 66.0 Å². The molecule has 0 aliphatic carbocycles. The predicted molar refractivity (Wildman–Crippen MR) is 108 cm³/mol. The molecular weight excluding hydrogens is 370 g/mol. The third-order valence-corrected chi connectivity index (χ3v) is 4.73. The van der Waals surface area contributed by atoms with Gasteiger partial charge in [-0.15, -0.1) is 5.10 Å². The quantitative estimate of drug-likeness (QED) is 0.525. The van der Waals surface area contributed by atoms with Gasteiger partial charge < -0.3 is 9.64 Å². The highest BCUT2D eigenvalue weighted by Crippen LogP contribution is 2.17. The number of tetrazole rings is 1. The number of nitrogens with one attached hydrogen (secondary N) is 1. The van der Waals surface area contributed by atoms with Gasteiger partial charge in [0.2, 0.25) is 0 Å². The van der Waals surface area contributed by atoms with Gasteiger partial charge in [0.25, 0.3) is 5.91 Å². The van der Waals surface area contributed by atoms with E-state index in [0.717, 1.165) is 49.0 Å². The van der Waals surface area contributed by atoms with Crippen molar-refractivity contribution in [1.29, 1.82) is 0 Å². The molecule has 1 fully saturated rings. The first kappa shape index (κ1) is 18.8. The molecule has 148 valence electrons. The lowest BCUT2D eigenvalue weighted by atomic mass is 10.1. The number of aromatic nitrogens is 4. The molecule has 29 heavy (non-hydrogen) atoms. The van der Waals surface area contributed by atoms with Crippen LogP contribution in [0.2, 0.25) is 0 Å². The van der Waals surface area contributed by atoms with Crippen molar-refractivity contribution < 1.29 is 9.53 Å². The minimum atomic E-state index is -0.280. The minimum absolute atomic E-state index is 0.280. The van der Waals surface area contributed by atoms with Crippen molar-refractivity contribution in [2.45, 2.75) is 6.92 Å². The number of amides is 1. The second-order valence-electron chi connectivity index (χ2n) is 6.59. The van der Waals surface area contributed by atoms with Crippen molar-refractivity contribution >= 4 is 17.3 Å². The van der Waals surface area contributed by atoms with Gasteiger partial charge >= 0.3 is 0 Å². The molecule has 9 nitrogen and oxygen atoms in total. The van der Waals surface area contributed by atoms with E-state index in [9.17, 15) is 4.79 Å². The maximum absolute atomic E-state index is 12.4. The van der Waals surface area contributed by atoms with Gasteiger partial charge in [0, 0.05) is 24.3 Å². The summed E-state index contributed by atoms with van der Waals surface area (Å²) >= 11 is 0. The number of carbonyl (C=O) groups excluding carboxylic acids is 1. The zero-order valence-corrected chi connectivity index (χ0v) is 16.0. The highest BCUT2D eigenvalue weighted by Gasteiger charge is 2.11. The average molecular weight is 391 g/mol. The van der Waals surface area contributed by atoms with E-state index in [1.807, 2.05) is 19.1 Å². The molecule has 9 heteroatoms. The third-order valence-electron chi connectivity index (χ3n) is 4.73. The molecule has 1 N–H and O–H groups in total. The standard InChI is InChI=1S/C20H21N7O2/c1-15(16-2-6-18(7-3-16)26-10-12-29-13-11-26)22-23-20(28)17-4-8-19(9-5-17)27-14-21-24-25-27/h2-9,14H,10-13H2,1H3,(H,23,28). The summed E-state index contributed by atoms with van der Waals surface area (Å²) < 4.78 is 6.91. The summed E-state index contributed by atoms with van der Waals surface area (Å²) in [6, 6.07) is 15.1. The van der Waals surface area contributed by atoms with E-state index in [2.05, 4.69) is 43.1 Å². The lowest BCUT2D eigenvalue weighted by molar-refractivity contribution is 0.0955. The number of anilines is 1. The summed E-state index contributed by atoms with van der Waals surface area (Å²) in [7, 11) is 0. The van der Waals surface area contributed by atoms with E-state index in [1.165, 1.54) is 11.0 Å². The molecule has 1 amide bonds. The third kappa shape index (κ3) is 4.46. The first-order chi connectivity index (χ1) is 14.2. The summed E-state index contributed by atoms with van der Waals surface area (Å²) in [5, 5.41) is 15.2. The van der Waals surface area contributed by atoms with Crippen LogP contribution in [0.3, 0.4) is 0 Å². The molecule has 3 aromatic rings. The van der Waals surface area contributed by atoms with Gasteiger partial charge in [-0.1, -0.05) is 12.1 Å². The first-order valence-electron chi connectivity index (χ1n) is 9.32. The Kier molecular flexibility index (Phi) is 5.57. The topological polar surface area (TPSA) is 97.5 Å². The molecule has 0 radical (unpaired) electrons. The molecule has 2 aromatic carbocycles. The summed E-state index contributed by atoms with van der Waals surface area (Å²) in [6.07, 6.45) is 1.49.